The molecular formula is C15H20N6. The average Bonchev–Trinajstić information content (AvgIpc) is 2.56. The summed E-state index contributed by atoms with van der Waals surface area (Å²) in [4.78, 5) is 17.6. The highest BCUT2D eigenvalue weighted by molar-refractivity contribution is 5.44. The van der Waals surface area contributed by atoms with Gasteiger partial charge in [0.25, 0.3) is 0 Å². The summed E-state index contributed by atoms with van der Waals surface area (Å²) in [5.41, 5.74) is 7.06. The first-order valence-electron chi connectivity index (χ1n) is 7.22. The summed E-state index contributed by atoms with van der Waals surface area (Å²) < 4.78 is 0. The first-order chi connectivity index (χ1) is 10.2. The minimum absolute atomic E-state index is 0.0331. The van der Waals surface area contributed by atoms with Gasteiger partial charge in [0.15, 0.2) is 0 Å². The minimum Gasteiger partial charge on any atom is -0.353 e. The van der Waals surface area contributed by atoms with Crippen molar-refractivity contribution in [2.75, 3.05) is 36.0 Å². The summed E-state index contributed by atoms with van der Waals surface area (Å²) in [7, 11) is 0. The van der Waals surface area contributed by atoms with Crippen LogP contribution in [0.15, 0.2) is 36.8 Å². The Bertz CT molecular complexity index is 578. The Morgan fingerprint density at radius 3 is 2.33 bits per heavy atom. The highest BCUT2D eigenvalue weighted by Gasteiger charge is 2.20. The molecule has 1 fully saturated rings. The fraction of sp³-hybridized carbons (Fsp3) is 0.400. The first-order valence-corrected chi connectivity index (χ1v) is 7.22. The van der Waals surface area contributed by atoms with E-state index in [0.29, 0.717) is 0 Å². The van der Waals surface area contributed by atoms with Crippen LogP contribution in [-0.2, 0) is 0 Å². The third-order valence-corrected chi connectivity index (χ3v) is 3.73. The molecule has 0 spiro atoms. The normalized spacial score (nSPS) is 16.9. The molecule has 21 heavy (non-hydrogen) atoms. The molecule has 2 N–H and O–H groups in total. The van der Waals surface area contributed by atoms with Crippen molar-refractivity contribution < 1.29 is 0 Å². The van der Waals surface area contributed by atoms with E-state index in [4.69, 9.17) is 5.73 Å². The molecule has 0 saturated carbocycles. The average molecular weight is 284 g/mol. The Morgan fingerprint density at radius 2 is 1.67 bits per heavy atom. The number of anilines is 2. The molecule has 0 radical (unpaired) electrons. The van der Waals surface area contributed by atoms with Gasteiger partial charge in [-0.3, -0.25) is 0 Å². The summed E-state index contributed by atoms with van der Waals surface area (Å²) in [5.74, 6) is 1.80. The Balaban J connectivity index is 1.67. The number of hydrogen-bond donors (Lipinski definition) is 1. The fourth-order valence-electron chi connectivity index (χ4n) is 2.48. The number of pyridine rings is 1. The number of hydrogen-bond acceptors (Lipinski definition) is 6. The van der Waals surface area contributed by atoms with E-state index in [9.17, 15) is 0 Å². The highest BCUT2D eigenvalue weighted by atomic mass is 15.3. The van der Waals surface area contributed by atoms with Crippen LogP contribution in [0.2, 0.25) is 0 Å². The largest absolute Gasteiger partial charge is 0.353 e. The van der Waals surface area contributed by atoms with Gasteiger partial charge in [-0.1, -0.05) is 0 Å². The van der Waals surface area contributed by atoms with Crippen LogP contribution < -0.4 is 15.5 Å². The van der Waals surface area contributed by atoms with Crippen molar-refractivity contribution in [3.8, 4) is 0 Å². The van der Waals surface area contributed by atoms with E-state index in [2.05, 4.69) is 30.8 Å². The van der Waals surface area contributed by atoms with Crippen LogP contribution in [0.3, 0.4) is 0 Å². The molecule has 1 atom stereocenters. The SMILES string of the molecule is C[C@@H](N)c1ccnc(N2CCN(c3ncccn3)CC2)c1. The summed E-state index contributed by atoms with van der Waals surface area (Å²) in [5, 5.41) is 0. The number of nitrogens with two attached hydrogens (primary N) is 1. The molecule has 0 unspecified atom stereocenters. The lowest BCUT2D eigenvalue weighted by atomic mass is 10.1. The molecule has 6 nitrogen and oxygen atoms in total. The summed E-state index contributed by atoms with van der Waals surface area (Å²) in [6, 6.07) is 5.93. The van der Waals surface area contributed by atoms with E-state index in [1.165, 1.54) is 0 Å². The van der Waals surface area contributed by atoms with Gasteiger partial charge in [-0.15, -0.1) is 0 Å². The third-order valence-electron chi connectivity index (χ3n) is 3.73. The van der Waals surface area contributed by atoms with Crippen LogP contribution in [0, 0.1) is 0 Å². The summed E-state index contributed by atoms with van der Waals surface area (Å²) in [6.07, 6.45) is 5.39. The molecule has 1 saturated heterocycles. The Labute approximate surface area is 124 Å². The smallest absolute Gasteiger partial charge is 0.225 e. The third kappa shape index (κ3) is 3.11. The van der Waals surface area contributed by atoms with Crippen LogP contribution in [-0.4, -0.2) is 41.1 Å². The molecule has 1 aliphatic rings. The second kappa shape index (κ2) is 6.05. The highest BCUT2D eigenvalue weighted by Crippen LogP contribution is 2.19. The van der Waals surface area contributed by atoms with Crippen molar-refractivity contribution in [2.45, 2.75) is 13.0 Å². The van der Waals surface area contributed by atoms with Gasteiger partial charge in [-0.25, -0.2) is 15.0 Å². The zero-order valence-corrected chi connectivity index (χ0v) is 12.2. The van der Waals surface area contributed by atoms with Crippen molar-refractivity contribution in [1.82, 2.24) is 15.0 Å². The molecule has 3 rings (SSSR count). The van der Waals surface area contributed by atoms with Crippen LogP contribution in [0.4, 0.5) is 11.8 Å². The van der Waals surface area contributed by atoms with E-state index in [-0.39, 0.29) is 6.04 Å². The minimum atomic E-state index is 0.0331. The lowest BCUT2D eigenvalue weighted by Crippen LogP contribution is -2.47. The maximum Gasteiger partial charge on any atom is 0.225 e. The number of piperazine rings is 1. The fourth-order valence-corrected chi connectivity index (χ4v) is 2.48. The predicted molar refractivity (Wildman–Crippen MR) is 83.3 cm³/mol. The van der Waals surface area contributed by atoms with E-state index in [1.54, 1.807) is 12.4 Å². The first kappa shape index (κ1) is 13.8. The maximum atomic E-state index is 5.94. The molecule has 2 aromatic heterocycles. The van der Waals surface area contributed by atoms with Crippen LogP contribution >= 0.6 is 0 Å². The molecule has 2 aromatic rings. The van der Waals surface area contributed by atoms with Gasteiger partial charge in [0.1, 0.15) is 5.82 Å². The number of aromatic nitrogens is 3. The van der Waals surface area contributed by atoms with Gasteiger partial charge < -0.3 is 15.5 Å². The monoisotopic (exact) mass is 284 g/mol. The van der Waals surface area contributed by atoms with E-state index in [1.807, 2.05) is 25.3 Å². The quantitative estimate of drug-likeness (QED) is 0.913. The van der Waals surface area contributed by atoms with Crippen molar-refractivity contribution >= 4 is 11.8 Å². The standard InChI is InChI=1S/C15H20N6/c1-12(16)13-3-6-17-14(11-13)20-7-9-21(10-8-20)15-18-4-2-5-19-15/h2-6,11-12H,7-10,16H2,1H3/t12-/m1/s1. The number of nitrogens with zero attached hydrogens (tertiary/aromatic N) is 5. The summed E-state index contributed by atoms with van der Waals surface area (Å²) >= 11 is 0. The van der Waals surface area contributed by atoms with E-state index >= 15 is 0 Å². The van der Waals surface area contributed by atoms with Crippen LogP contribution in [0.1, 0.15) is 18.5 Å². The second-order valence-electron chi connectivity index (χ2n) is 5.26. The molecule has 6 heteroatoms. The van der Waals surface area contributed by atoms with Crippen LogP contribution in [0.5, 0.6) is 0 Å². The van der Waals surface area contributed by atoms with Gasteiger partial charge in [0, 0.05) is 50.8 Å². The van der Waals surface area contributed by atoms with Gasteiger partial charge >= 0.3 is 0 Å². The lowest BCUT2D eigenvalue weighted by Gasteiger charge is -2.35. The van der Waals surface area contributed by atoms with Crippen molar-refractivity contribution in [1.29, 1.82) is 0 Å². The molecule has 0 amide bonds. The Morgan fingerprint density at radius 1 is 1.00 bits per heavy atom. The zero-order valence-electron chi connectivity index (χ0n) is 12.2. The van der Waals surface area contributed by atoms with Gasteiger partial charge in [-0.05, 0) is 30.7 Å². The Hall–Kier alpha value is -2.21. The molecule has 0 aliphatic carbocycles. The molecular weight excluding hydrogens is 264 g/mol. The topological polar surface area (TPSA) is 71.2 Å². The molecule has 0 aromatic carbocycles. The molecule has 3 heterocycles. The zero-order chi connectivity index (χ0) is 14.7. The van der Waals surface area contributed by atoms with E-state index < -0.39 is 0 Å². The van der Waals surface area contributed by atoms with Crippen molar-refractivity contribution in [3.05, 3.63) is 42.4 Å². The van der Waals surface area contributed by atoms with Gasteiger partial charge in [0.2, 0.25) is 5.95 Å². The van der Waals surface area contributed by atoms with Gasteiger partial charge in [0.05, 0.1) is 0 Å². The number of rotatable bonds is 3. The molecule has 1 aliphatic heterocycles. The second-order valence-corrected chi connectivity index (χ2v) is 5.26. The molecule has 110 valence electrons. The lowest BCUT2D eigenvalue weighted by molar-refractivity contribution is 0.633. The Kier molecular flexibility index (Phi) is 3.96. The van der Waals surface area contributed by atoms with Crippen molar-refractivity contribution in [2.24, 2.45) is 5.73 Å². The molecule has 0 bridgehead atoms. The van der Waals surface area contributed by atoms with E-state index in [0.717, 1.165) is 43.5 Å². The predicted octanol–water partition coefficient (Wildman–Crippen LogP) is 1.22. The summed E-state index contributed by atoms with van der Waals surface area (Å²) in [6.45, 7) is 5.60. The van der Waals surface area contributed by atoms with Gasteiger partial charge in [-0.2, -0.15) is 0 Å². The van der Waals surface area contributed by atoms with Crippen LogP contribution in [0.25, 0.3) is 0 Å². The van der Waals surface area contributed by atoms with Crippen molar-refractivity contribution in [3.63, 3.8) is 0 Å². The maximum absolute atomic E-state index is 5.94.